The van der Waals surface area contributed by atoms with Crippen molar-refractivity contribution in [1.29, 1.82) is 0 Å². The van der Waals surface area contributed by atoms with Gasteiger partial charge < -0.3 is 10.3 Å². The van der Waals surface area contributed by atoms with Crippen molar-refractivity contribution in [3.8, 4) is 11.5 Å². The van der Waals surface area contributed by atoms with Gasteiger partial charge >= 0.3 is 0 Å². The average Bonchev–Trinajstić information content (AvgIpc) is 2.98. The summed E-state index contributed by atoms with van der Waals surface area (Å²) in [4.78, 5) is 12.3. The lowest BCUT2D eigenvalue weighted by Gasteiger charge is -2.01. The van der Waals surface area contributed by atoms with Gasteiger partial charge in [-0.25, -0.2) is 9.97 Å². The summed E-state index contributed by atoms with van der Waals surface area (Å²) in [5, 5.41) is 3.94. The Bertz CT molecular complexity index is 498. The molecule has 0 unspecified atom stereocenters. The number of hydrogen-bond donors (Lipinski definition) is 1. The standard InChI is InChI=1S/C11H13N5O/c12-8-2-1-7(5-8)11-15-10(16-17-11)9-3-4-13-6-14-9/h3-4,6-8H,1-2,5,12H2/t7-,8+/m1/s1. The van der Waals surface area contributed by atoms with Gasteiger partial charge in [0, 0.05) is 18.2 Å². The third-order valence-electron chi connectivity index (χ3n) is 3.08. The van der Waals surface area contributed by atoms with Gasteiger partial charge in [-0.3, -0.25) is 0 Å². The Hall–Kier alpha value is -1.82. The molecule has 6 heteroatoms. The fourth-order valence-corrected chi connectivity index (χ4v) is 2.17. The fraction of sp³-hybridized carbons (Fsp3) is 0.455. The molecule has 1 aliphatic carbocycles. The van der Waals surface area contributed by atoms with Gasteiger partial charge in [0.05, 0.1) is 0 Å². The van der Waals surface area contributed by atoms with Gasteiger partial charge in [0.2, 0.25) is 11.7 Å². The molecule has 1 fully saturated rings. The van der Waals surface area contributed by atoms with Crippen molar-refractivity contribution >= 4 is 0 Å². The zero-order chi connectivity index (χ0) is 11.7. The molecule has 3 rings (SSSR count). The molecule has 0 amide bonds. The van der Waals surface area contributed by atoms with E-state index in [1.165, 1.54) is 6.33 Å². The summed E-state index contributed by atoms with van der Waals surface area (Å²) < 4.78 is 5.27. The maximum atomic E-state index is 5.87. The van der Waals surface area contributed by atoms with Crippen LogP contribution in [0.3, 0.4) is 0 Å². The largest absolute Gasteiger partial charge is 0.339 e. The van der Waals surface area contributed by atoms with E-state index in [1.807, 2.05) is 0 Å². The maximum Gasteiger partial charge on any atom is 0.230 e. The van der Waals surface area contributed by atoms with Crippen LogP contribution in [0.1, 0.15) is 31.1 Å². The summed E-state index contributed by atoms with van der Waals surface area (Å²) in [6, 6.07) is 2.02. The minimum atomic E-state index is 0.259. The number of nitrogens with zero attached hydrogens (tertiary/aromatic N) is 4. The molecule has 0 aliphatic heterocycles. The lowest BCUT2D eigenvalue weighted by molar-refractivity contribution is 0.353. The minimum Gasteiger partial charge on any atom is -0.339 e. The van der Waals surface area contributed by atoms with Gasteiger partial charge in [-0.05, 0) is 25.3 Å². The van der Waals surface area contributed by atoms with Crippen LogP contribution in [-0.4, -0.2) is 26.2 Å². The molecule has 6 nitrogen and oxygen atoms in total. The third kappa shape index (κ3) is 2.03. The molecule has 2 N–H and O–H groups in total. The van der Waals surface area contributed by atoms with Crippen LogP contribution < -0.4 is 5.73 Å². The Morgan fingerprint density at radius 1 is 1.35 bits per heavy atom. The first-order valence-electron chi connectivity index (χ1n) is 5.68. The highest BCUT2D eigenvalue weighted by atomic mass is 16.5. The predicted octanol–water partition coefficient (Wildman–Crippen LogP) is 1.12. The van der Waals surface area contributed by atoms with Crippen LogP contribution in [0.5, 0.6) is 0 Å². The molecule has 2 heterocycles. The van der Waals surface area contributed by atoms with Crippen LogP contribution in [0.15, 0.2) is 23.1 Å². The zero-order valence-corrected chi connectivity index (χ0v) is 9.28. The van der Waals surface area contributed by atoms with Crippen molar-refractivity contribution < 1.29 is 4.52 Å². The van der Waals surface area contributed by atoms with Crippen molar-refractivity contribution in [3.05, 3.63) is 24.5 Å². The molecule has 0 aromatic carbocycles. The Balaban J connectivity index is 1.84. The van der Waals surface area contributed by atoms with Gasteiger partial charge in [-0.15, -0.1) is 0 Å². The van der Waals surface area contributed by atoms with Crippen LogP contribution in [0.4, 0.5) is 0 Å². The number of nitrogens with two attached hydrogens (primary N) is 1. The van der Waals surface area contributed by atoms with E-state index in [9.17, 15) is 0 Å². The molecule has 88 valence electrons. The summed E-state index contributed by atoms with van der Waals surface area (Å²) >= 11 is 0. The first-order valence-corrected chi connectivity index (χ1v) is 5.68. The Kier molecular flexibility index (Phi) is 2.56. The van der Waals surface area contributed by atoms with Crippen molar-refractivity contribution in [2.75, 3.05) is 0 Å². The second-order valence-corrected chi connectivity index (χ2v) is 4.32. The first-order chi connectivity index (χ1) is 8.33. The van der Waals surface area contributed by atoms with E-state index in [0.29, 0.717) is 23.3 Å². The molecule has 1 saturated carbocycles. The van der Waals surface area contributed by atoms with Gasteiger partial charge in [0.25, 0.3) is 0 Å². The van der Waals surface area contributed by atoms with E-state index in [4.69, 9.17) is 10.3 Å². The highest BCUT2D eigenvalue weighted by Crippen LogP contribution is 2.33. The summed E-state index contributed by atoms with van der Waals surface area (Å²) in [6.07, 6.45) is 6.09. The van der Waals surface area contributed by atoms with E-state index in [-0.39, 0.29) is 6.04 Å². The summed E-state index contributed by atoms with van der Waals surface area (Å²) in [7, 11) is 0. The molecule has 0 saturated heterocycles. The smallest absolute Gasteiger partial charge is 0.230 e. The van der Waals surface area contributed by atoms with Crippen LogP contribution in [-0.2, 0) is 0 Å². The summed E-state index contributed by atoms with van der Waals surface area (Å²) in [6.45, 7) is 0. The number of aromatic nitrogens is 4. The van der Waals surface area contributed by atoms with Crippen molar-refractivity contribution in [3.63, 3.8) is 0 Å². The van der Waals surface area contributed by atoms with Gasteiger partial charge in [0.1, 0.15) is 12.0 Å². The predicted molar refractivity (Wildman–Crippen MR) is 59.9 cm³/mol. The Morgan fingerprint density at radius 2 is 2.29 bits per heavy atom. The molecule has 2 aromatic heterocycles. The Labute approximate surface area is 98.3 Å². The Morgan fingerprint density at radius 3 is 3.00 bits per heavy atom. The second kappa shape index (κ2) is 4.21. The van der Waals surface area contributed by atoms with Crippen molar-refractivity contribution in [2.24, 2.45) is 5.73 Å². The van der Waals surface area contributed by atoms with E-state index in [0.717, 1.165) is 19.3 Å². The van der Waals surface area contributed by atoms with Gasteiger partial charge in [0.15, 0.2) is 0 Å². The van der Waals surface area contributed by atoms with Crippen molar-refractivity contribution in [1.82, 2.24) is 20.1 Å². The summed E-state index contributed by atoms with van der Waals surface area (Å²) in [5.41, 5.74) is 6.55. The fourth-order valence-electron chi connectivity index (χ4n) is 2.17. The van der Waals surface area contributed by atoms with Crippen molar-refractivity contribution in [2.45, 2.75) is 31.2 Å². The zero-order valence-electron chi connectivity index (χ0n) is 9.28. The molecule has 17 heavy (non-hydrogen) atoms. The molecular formula is C11H13N5O. The lowest BCUT2D eigenvalue weighted by atomic mass is 10.1. The van der Waals surface area contributed by atoms with Gasteiger partial charge in [-0.2, -0.15) is 4.98 Å². The monoisotopic (exact) mass is 231 g/mol. The van der Waals surface area contributed by atoms with E-state index < -0.39 is 0 Å². The lowest BCUT2D eigenvalue weighted by Crippen LogP contribution is -2.14. The third-order valence-corrected chi connectivity index (χ3v) is 3.08. The quantitative estimate of drug-likeness (QED) is 0.832. The molecular weight excluding hydrogens is 218 g/mol. The number of rotatable bonds is 2. The minimum absolute atomic E-state index is 0.259. The van der Waals surface area contributed by atoms with Crippen LogP contribution >= 0.6 is 0 Å². The second-order valence-electron chi connectivity index (χ2n) is 4.32. The SMILES string of the molecule is N[C@H]1CC[C@@H](c2nc(-c3ccncn3)no2)C1. The van der Waals surface area contributed by atoms with E-state index >= 15 is 0 Å². The average molecular weight is 231 g/mol. The normalized spacial score (nSPS) is 24.1. The van der Waals surface area contributed by atoms with E-state index in [1.54, 1.807) is 12.3 Å². The number of hydrogen-bond acceptors (Lipinski definition) is 6. The molecule has 0 bridgehead atoms. The molecule has 2 aromatic rings. The van der Waals surface area contributed by atoms with Gasteiger partial charge in [-0.1, -0.05) is 5.16 Å². The molecule has 0 radical (unpaired) electrons. The van der Waals surface area contributed by atoms with Crippen LogP contribution in [0.25, 0.3) is 11.5 Å². The van der Waals surface area contributed by atoms with Crippen LogP contribution in [0.2, 0.25) is 0 Å². The highest BCUT2D eigenvalue weighted by Gasteiger charge is 2.28. The first kappa shape index (κ1) is 10.3. The highest BCUT2D eigenvalue weighted by molar-refractivity contribution is 5.46. The maximum absolute atomic E-state index is 5.87. The summed E-state index contributed by atoms with van der Waals surface area (Å²) in [5.74, 6) is 1.49. The topological polar surface area (TPSA) is 90.7 Å². The van der Waals surface area contributed by atoms with Crippen LogP contribution in [0, 0.1) is 0 Å². The molecule has 1 aliphatic rings. The molecule has 0 spiro atoms. The van der Waals surface area contributed by atoms with E-state index in [2.05, 4.69) is 20.1 Å². The molecule has 2 atom stereocenters.